The van der Waals surface area contributed by atoms with Crippen LogP contribution in [0, 0.1) is 17.8 Å². The van der Waals surface area contributed by atoms with Crippen molar-refractivity contribution >= 4 is 17.1 Å². The number of fused-ring (bicyclic) bond motifs is 2. The molecular weight excluding hydrogens is 228 g/mol. The van der Waals surface area contributed by atoms with Crippen LogP contribution in [-0.2, 0) is 17.6 Å². The van der Waals surface area contributed by atoms with Crippen molar-refractivity contribution in [2.24, 2.45) is 17.8 Å². The second kappa shape index (κ2) is 4.56. The number of Topliss-reactive ketones (excluding diaryl/α,β-unsaturated/α-hetero) is 1. The molecule has 1 aromatic rings. The van der Waals surface area contributed by atoms with Gasteiger partial charge in [0.05, 0.1) is 0 Å². The lowest BCUT2D eigenvalue weighted by Gasteiger charge is -2.19. The minimum Gasteiger partial charge on any atom is -0.299 e. The molecule has 17 heavy (non-hydrogen) atoms. The molecule has 0 spiro atoms. The summed E-state index contributed by atoms with van der Waals surface area (Å²) in [6.45, 7) is 2.17. The van der Waals surface area contributed by atoms with Gasteiger partial charge in [0.2, 0.25) is 0 Å². The molecule has 0 aliphatic heterocycles. The maximum absolute atomic E-state index is 12.3. The maximum atomic E-state index is 12.3. The third-order valence-electron chi connectivity index (χ3n) is 4.57. The SMILES string of the molecule is CCc1ccc(CC(=O)C2CC3CCC2C3)s1. The van der Waals surface area contributed by atoms with E-state index < -0.39 is 0 Å². The van der Waals surface area contributed by atoms with Crippen molar-refractivity contribution in [3.05, 3.63) is 21.9 Å². The second-order valence-electron chi connectivity index (χ2n) is 5.65. The molecule has 2 heteroatoms. The molecule has 3 rings (SSSR count). The average molecular weight is 248 g/mol. The Hall–Kier alpha value is -0.630. The van der Waals surface area contributed by atoms with Gasteiger partial charge in [-0.15, -0.1) is 11.3 Å². The van der Waals surface area contributed by atoms with E-state index in [1.54, 1.807) is 0 Å². The average Bonchev–Trinajstić information content (AvgIpc) is 3.04. The largest absolute Gasteiger partial charge is 0.299 e. The number of thiophene rings is 1. The van der Waals surface area contributed by atoms with Crippen LogP contribution in [0.5, 0.6) is 0 Å². The number of ketones is 1. The minimum atomic E-state index is 0.404. The normalized spacial score (nSPS) is 31.0. The van der Waals surface area contributed by atoms with Crippen LogP contribution in [0.3, 0.4) is 0 Å². The summed E-state index contributed by atoms with van der Waals surface area (Å²) >= 11 is 1.82. The van der Waals surface area contributed by atoms with Gasteiger partial charge in [0.1, 0.15) is 5.78 Å². The number of carbonyl (C=O) groups excluding carboxylic acids is 1. The number of aryl methyl sites for hydroxylation is 1. The van der Waals surface area contributed by atoms with Gasteiger partial charge in [-0.05, 0) is 49.7 Å². The highest BCUT2D eigenvalue weighted by atomic mass is 32.1. The molecule has 0 amide bonds. The molecule has 0 aromatic carbocycles. The molecule has 1 nitrogen and oxygen atoms in total. The monoisotopic (exact) mass is 248 g/mol. The first kappa shape index (κ1) is 11.5. The summed E-state index contributed by atoms with van der Waals surface area (Å²) in [5.74, 6) is 2.53. The number of rotatable bonds is 4. The Bertz CT molecular complexity index is 420. The molecule has 0 saturated heterocycles. The van der Waals surface area contributed by atoms with Gasteiger partial charge in [-0.25, -0.2) is 0 Å². The first-order valence-electron chi connectivity index (χ1n) is 6.86. The summed E-state index contributed by atoms with van der Waals surface area (Å²) in [4.78, 5) is 15.0. The summed E-state index contributed by atoms with van der Waals surface area (Å²) < 4.78 is 0. The van der Waals surface area contributed by atoms with Gasteiger partial charge in [-0.1, -0.05) is 13.3 Å². The predicted molar refractivity (Wildman–Crippen MR) is 71.3 cm³/mol. The van der Waals surface area contributed by atoms with Crippen molar-refractivity contribution in [1.82, 2.24) is 0 Å². The van der Waals surface area contributed by atoms with Crippen molar-refractivity contribution in [2.45, 2.75) is 45.4 Å². The molecule has 3 atom stereocenters. The fourth-order valence-electron chi connectivity index (χ4n) is 3.65. The fourth-order valence-corrected chi connectivity index (χ4v) is 4.62. The molecule has 1 heterocycles. The van der Waals surface area contributed by atoms with Crippen LogP contribution in [0.2, 0.25) is 0 Å². The van der Waals surface area contributed by atoms with Crippen LogP contribution < -0.4 is 0 Å². The first-order chi connectivity index (χ1) is 8.26. The van der Waals surface area contributed by atoms with E-state index in [2.05, 4.69) is 19.1 Å². The van der Waals surface area contributed by atoms with Gasteiger partial charge in [-0.3, -0.25) is 4.79 Å². The molecule has 2 aliphatic rings. The zero-order valence-electron chi connectivity index (χ0n) is 10.4. The molecule has 3 unspecified atom stereocenters. The van der Waals surface area contributed by atoms with E-state index >= 15 is 0 Å². The Kier molecular flexibility index (Phi) is 3.08. The van der Waals surface area contributed by atoms with Gasteiger partial charge in [-0.2, -0.15) is 0 Å². The zero-order chi connectivity index (χ0) is 11.8. The van der Waals surface area contributed by atoms with E-state index in [4.69, 9.17) is 0 Å². The fraction of sp³-hybridized carbons (Fsp3) is 0.667. The molecule has 0 N–H and O–H groups in total. The summed E-state index contributed by atoms with van der Waals surface area (Å²) in [5.41, 5.74) is 0. The van der Waals surface area contributed by atoms with Crippen molar-refractivity contribution in [2.75, 3.05) is 0 Å². The molecular formula is C15H20OS. The van der Waals surface area contributed by atoms with Crippen molar-refractivity contribution in [3.63, 3.8) is 0 Å². The zero-order valence-corrected chi connectivity index (χ0v) is 11.3. The lowest BCUT2D eigenvalue weighted by Crippen LogP contribution is -2.22. The third-order valence-corrected chi connectivity index (χ3v) is 5.80. The van der Waals surface area contributed by atoms with Crippen LogP contribution in [0.1, 0.15) is 42.4 Å². The Balaban J connectivity index is 1.63. The molecule has 2 aliphatic carbocycles. The van der Waals surface area contributed by atoms with Crippen LogP contribution in [0.25, 0.3) is 0 Å². The van der Waals surface area contributed by atoms with Crippen LogP contribution in [0.4, 0.5) is 0 Å². The van der Waals surface area contributed by atoms with E-state index in [0.29, 0.717) is 18.1 Å². The summed E-state index contributed by atoms with van der Waals surface area (Å²) in [7, 11) is 0. The smallest absolute Gasteiger partial charge is 0.141 e. The topological polar surface area (TPSA) is 17.1 Å². The lowest BCUT2D eigenvalue weighted by atomic mass is 9.84. The Morgan fingerprint density at radius 1 is 1.29 bits per heavy atom. The van der Waals surface area contributed by atoms with Gasteiger partial charge >= 0.3 is 0 Å². The first-order valence-corrected chi connectivity index (χ1v) is 7.68. The molecule has 0 radical (unpaired) electrons. The lowest BCUT2D eigenvalue weighted by molar-refractivity contribution is -0.123. The Morgan fingerprint density at radius 2 is 2.12 bits per heavy atom. The van der Waals surface area contributed by atoms with Crippen LogP contribution >= 0.6 is 11.3 Å². The van der Waals surface area contributed by atoms with Crippen LogP contribution in [-0.4, -0.2) is 5.78 Å². The Morgan fingerprint density at radius 3 is 2.71 bits per heavy atom. The van der Waals surface area contributed by atoms with Gasteiger partial charge in [0.15, 0.2) is 0 Å². The minimum absolute atomic E-state index is 0.404. The van der Waals surface area contributed by atoms with E-state index in [1.165, 1.54) is 35.4 Å². The Labute approximate surface area is 107 Å². The van der Waals surface area contributed by atoms with Gasteiger partial charge in [0, 0.05) is 22.1 Å². The standard InChI is InChI=1S/C15H20OS/c1-2-12-5-6-13(17-12)9-15(16)14-8-10-3-4-11(14)7-10/h5-6,10-11,14H,2-4,7-9H2,1H3. The summed E-state index contributed by atoms with van der Waals surface area (Å²) in [5, 5.41) is 0. The van der Waals surface area contributed by atoms with Crippen molar-refractivity contribution in [3.8, 4) is 0 Å². The van der Waals surface area contributed by atoms with Crippen LogP contribution in [0.15, 0.2) is 12.1 Å². The highest BCUT2D eigenvalue weighted by molar-refractivity contribution is 7.12. The van der Waals surface area contributed by atoms with Gasteiger partial charge in [0.25, 0.3) is 0 Å². The molecule has 1 aromatic heterocycles. The maximum Gasteiger partial charge on any atom is 0.141 e. The molecule has 2 bridgehead atoms. The van der Waals surface area contributed by atoms with Crippen molar-refractivity contribution < 1.29 is 4.79 Å². The van der Waals surface area contributed by atoms with E-state index in [1.807, 2.05) is 11.3 Å². The highest BCUT2D eigenvalue weighted by Crippen LogP contribution is 2.48. The van der Waals surface area contributed by atoms with Gasteiger partial charge < -0.3 is 0 Å². The molecule has 2 saturated carbocycles. The van der Waals surface area contributed by atoms with E-state index in [0.717, 1.165) is 18.3 Å². The highest BCUT2D eigenvalue weighted by Gasteiger charge is 2.42. The van der Waals surface area contributed by atoms with Crippen molar-refractivity contribution in [1.29, 1.82) is 0 Å². The summed E-state index contributed by atoms with van der Waals surface area (Å²) in [6, 6.07) is 4.32. The molecule has 2 fully saturated rings. The number of hydrogen-bond donors (Lipinski definition) is 0. The third kappa shape index (κ3) is 2.20. The molecule has 92 valence electrons. The van der Waals surface area contributed by atoms with E-state index in [-0.39, 0.29) is 0 Å². The second-order valence-corrected chi connectivity index (χ2v) is 6.90. The van der Waals surface area contributed by atoms with E-state index in [9.17, 15) is 4.79 Å². The number of hydrogen-bond acceptors (Lipinski definition) is 2. The number of carbonyl (C=O) groups is 1. The summed E-state index contributed by atoms with van der Waals surface area (Å²) in [6.07, 6.45) is 7.00. The quantitative estimate of drug-likeness (QED) is 0.791. The predicted octanol–water partition coefficient (Wildman–Crippen LogP) is 3.86.